The SMILES string of the molecule is COc1ccc(OC)c(NC(=O)CN2C(=O)NC(c3ccc(F)cc3)(c3ccc(F)cc3)C2=O)c1. The summed E-state index contributed by atoms with van der Waals surface area (Å²) in [6.45, 7) is -0.616. The number of rotatable bonds is 7. The molecule has 1 saturated heterocycles. The maximum Gasteiger partial charge on any atom is 0.326 e. The van der Waals surface area contributed by atoms with Crippen LogP contribution in [0.2, 0.25) is 0 Å². The van der Waals surface area contributed by atoms with Crippen LogP contribution in [0.5, 0.6) is 11.5 Å². The quantitative estimate of drug-likeness (QED) is 0.504. The third-order valence-electron chi connectivity index (χ3n) is 5.64. The van der Waals surface area contributed by atoms with Crippen molar-refractivity contribution in [3.63, 3.8) is 0 Å². The van der Waals surface area contributed by atoms with Gasteiger partial charge in [-0.05, 0) is 47.5 Å². The Bertz CT molecular complexity index is 1230. The molecule has 0 saturated carbocycles. The summed E-state index contributed by atoms with van der Waals surface area (Å²) in [5.41, 5.74) is -0.985. The average molecular weight is 481 g/mol. The molecule has 35 heavy (non-hydrogen) atoms. The van der Waals surface area contributed by atoms with Gasteiger partial charge in [0.05, 0.1) is 19.9 Å². The number of halogens is 2. The van der Waals surface area contributed by atoms with Gasteiger partial charge in [0.25, 0.3) is 5.91 Å². The summed E-state index contributed by atoms with van der Waals surface area (Å²) in [7, 11) is 2.89. The molecular weight excluding hydrogens is 460 g/mol. The van der Waals surface area contributed by atoms with Crippen molar-refractivity contribution in [2.75, 3.05) is 26.1 Å². The number of carbonyl (C=O) groups is 3. The number of imide groups is 1. The third-order valence-corrected chi connectivity index (χ3v) is 5.64. The number of hydrogen-bond donors (Lipinski definition) is 2. The third kappa shape index (κ3) is 4.37. The second kappa shape index (κ2) is 9.41. The zero-order valence-electron chi connectivity index (χ0n) is 18.8. The largest absolute Gasteiger partial charge is 0.497 e. The van der Waals surface area contributed by atoms with Gasteiger partial charge in [0.15, 0.2) is 5.54 Å². The lowest BCUT2D eigenvalue weighted by atomic mass is 9.82. The van der Waals surface area contributed by atoms with E-state index in [-0.39, 0.29) is 16.8 Å². The van der Waals surface area contributed by atoms with Crippen LogP contribution in [0.3, 0.4) is 0 Å². The molecule has 2 N–H and O–H groups in total. The van der Waals surface area contributed by atoms with Crippen molar-refractivity contribution in [1.82, 2.24) is 10.2 Å². The first kappa shape index (κ1) is 23.7. The highest BCUT2D eigenvalue weighted by Crippen LogP contribution is 2.36. The highest BCUT2D eigenvalue weighted by atomic mass is 19.1. The number of benzene rings is 3. The van der Waals surface area contributed by atoms with Crippen molar-refractivity contribution in [3.05, 3.63) is 89.5 Å². The van der Waals surface area contributed by atoms with Crippen molar-refractivity contribution >= 4 is 23.5 Å². The van der Waals surface area contributed by atoms with E-state index in [0.29, 0.717) is 11.5 Å². The first-order valence-corrected chi connectivity index (χ1v) is 10.5. The summed E-state index contributed by atoms with van der Waals surface area (Å²) in [5.74, 6) is -1.71. The fourth-order valence-electron chi connectivity index (χ4n) is 3.92. The molecule has 0 aliphatic carbocycles. The van der Waals surface area contributed by atoms with Crippen LogP contribution in [0.15, 0.2) is 66.7 Å². The Labute approximate surface area is 199 Å². The van der Waals surface area contributed by atoms with Crippen LogP contribution in [0.25, 0.3) is 0 Å². The molecule has 1 aliphatic heterocycles. The molecule has 3 aromatic carbocycles. The average Bonchev–Trinajstić information content (AvgIpc) is 3.10. The van der Waals surface area contributed by atoms with Crippen LogP contribution >= 0.6 is 0 Å². The van der Waals surface area contributed by atoms with Gasteiger partial charge in [0, 0.05) is 6.07 Å². The molecule has 0 aromatic heterocycles. The van der Waals surface area contributed by atoms with E-state index >= 15 is 0 Å². The Hall–Kier alpha value is -4.47. The number of ether oxygens (including phenoxy) is 2. The van der Waals surface area contributed by atoms with Gasteiger partial charge in [-0.2, -0.15) is 0 Å². The highest BCUT2D eigenvalue weighted by molar-refractivity contribution is 6.12. The summed E-state index contributed by atoms with van der Waals surface area (Å²) in [5, 5.41) is 5.23. The number of anilines is 1. The van der Waals surface area contributed by atoms with Gasteiger partial charge >= 0.3 is 6.03 Å². The Balaban J connectivity index is 1.66. The molecule has 1 heterocycles. The predicted octanol–water partition coefficient (Wildman–Crippen LogP) is 3.42. The van der Waals surface area contributed by atoms with Gasteiger partial charge in [-0.3, -0.25) is 14.5 Å². The normalized spacial score (nSPS) is 14.5. The standard InChI is InChI=1S/C25H21F2N3O5/c1-34-19-11-12-21(35-2)20(13-19)28-22(31)14-30-23(32)25(29-24(30)33,15-3-7-17(26)8-4-15)16-5-9-18(27)10-6-16/h3-13H,14H2,1-2H3,(H,28,31)(H,29,33). The summed E-state index contributed by atoms with van der Waals surface area (Å²) < 4.78 is 37.6. The van der Waals surface area contributed by atoms with E-state index in [1.165, 1.54) is 44.6 Å². The van der Waals surface area contributed by atoms with Crippen LogP contribution in [0.1, 0.15) is 11.1 Å². The molecule has 0 atom stereocenters. The van der Waals surface area contributed by atoms with Crippen molar-refractivity contribution in [2.45, 2.75) is 5.54 Å². The van der Waals surface area contributed by atoms with Crippen LogP contribution in [-0.2, 0) is 15.1 Å². The van der Waals surface area contributed by atoms with Crippen molar-refractivity contribution < 1.29 is 32.6 Å². The van der Waals surface area contributed by atoms with Gasteiger partial charge < -0.3 is 20.1 Å². The highest BCUT2D eigenvalue weighted by Gasteiger charge is 2.54. The van der Waals surface area contributed by atoms with E-state index in [0.717, 1.165) is 29.2 Å². The lowest BCUT2D eigenvalue weighted by molar-refractivity contribution is -0.133. The van der Waals surface area contributed by atoms with Crippen LogP contribution in [-0.4, -0.2) is 43.5 Å². The van der Waals surface area contributed by atoms with Gasteiger partial charge in [-0.1, -0.05) is 24.3 Å². The second-order valence-electron chi connectivity index (χ2n) is 7.70. The molecule has 1 aliphatic rings. The minimum absolute atomic E-state index is 0.251. The predicted molar refractivity (Wildman–Crippen MR) is 122 cm³/mol. The monoisotopic (exact) mass is 481 g/mol. The number of amides is 4. The number of hydrogen-bond acceptors (Lipinski definition) is 5. The van der Waals surface area contributed by atoms with Gasteiger partial charge in [0.1, 0.15) is 29.7 Å². The molecule has 10 heteroatoms. The number of nitrogens with zero attached hydrogens (tertiary/aromatic N) is 1. The summed E-state index contributed by atoms with van der Waals surface area (Å²) >= 11 is 0. The number of carbonyl (C=O) groups excluding carboxylic acids is 3. The van der Waals surface area contributed by atoms with Crippen LogP contribution in [0, 0.1) is 11.6 Å². The van der Waals surface area contributed by atoms with E-state index in [1.54, 1.807) is 12.1 Å². The molecule has 180 valence electrons. The van der Waals surface area contributed by atoms with Crippen molar-refractivity contribution in [2.24, 2.45) is 0 Å². The molecular formula is C25H21F2N3O5. The summed E-state index contributed by atoms with van der Waals surface area (Å²) in [6, 6.07) is 13.9. The van der Waals surface area contributed by atoms with Gasteiger partial charge in [-0.15, -0.1) is 0 Å². The first-order valence-electron chi connectivity index (χ1n) is 10.5. The van der Waals surface area contributed by atoms with Crippen molar-refractivity contribution in [1.29, 1.82) is 0 Å². The molecule has 0 unspecified atom stereocenters. The lowest BCUT2D eigenvalue weighted by Gasteiger charge is -2.28. The minimum atomic E-state index is -1.77. The van der Waals surface area contributed by atoms with Gasteiger partial charge in [-0.25, -0.2) is 13.6 Å². The summed E-state index contributed by atoms with van der Waals surface area (Å²) in [6.07, 6.45) is 0. The van der Waals surface area contributed by atoms with E-state index in [9.17, 15) is 23.2 Å². The Kier molecular flexibility index (Phi) is 6.37. The molecule has 0 bridgehead atoms. The Morgan fingerprint density at radius 2 is 1.49 bits per heavy atom. The van der Waals surface area contributed by atoms with Crippen LogP contribution < -0.4 is 20.1 Å². The maximum atomic E-state index is 13.7. The maximum absolute atomic E-state index is 13.7. The molecule has 3 aromatic rings. The smallest absolute Gasteiger partial charge is 0.326 e. The fourth-order valence-corrected chi connectivity index (χ4v) is 3.92. The zero-order valence-corrected chi connectivity index (χ0v) is 18.8. The Morgan fingerprint density at radius 1 is 0.914 bits per heavy atom. The summed E-state index contributed by atoms with van der Waals surface area (Å²) in [4.78, 5) is 40.1. The number of nitrogens with one attached hydrogen (secondary N) is 2. The lowest BCUT2D eigenvalue weighted by Crippen LogP contribution is -2.45. The molecule has 4 rings (SSSR count). The molecule has 1 fully saturated rings. The molecule has 4 amide bonds. The fraction of sp³-hybridized carbons (Fsp3) is 0.160. The molecule has 8 nitrogen and oxygen atoms in total. The van der Waals surface area contributed by atoms with E-state index in [1.807, 2.05) is 0 Å². The first-order chi connectivity index (χ1) is 16.8. The Morgan fingerprint density at radius 3 is 2.00 bits per heavy atom. The topological polar surface area (TPSA) is 97.0 Å². The van der Waals surface area contributed by atoms with E-state index in [2.05, 4.69) is 10.6 Å². The van der Waals surface area contributed by atoms with E-state index < -0.39 is 41.6 Å². The molecule has 0 radical (unpaired) electrons. The second-order valence-corrected chi connectivity index (χ2v) is 7.70. The van der Waals surface area contributed by atoms with Crippen LogP contribution in [0.4, 0.5) is 19.3 Å². The molecule has 0 spiro atoms. The van der Waals surface area contributed by atoms with Crippen molar-refractivity contribution in [3.8, 4) is 11.5 Å². The van der Waals surface area contributed by atoms with E-state index in [4.69, 9.17) is 9.47 Å². The minimum Gasteiger partial charge on any atom is -0.497 e. The number of urea groups is 1. The zero-order chi connectivity index (χ0) is 25.2. The number of methoxy groups -OCH3 is 2. The van der Waals surface area contributed by atoms with Gasteiger partial charge in [0.2, 0.25) is 5.91 Å².